The van der Waals surface area contributed by atoms with Gasteiger partial charge in [-0.2, -0.15) is 0 Å². The highest BCUT2D eigenvalue weighted by molar-refractivity contribution is 5.73. The van der Waals surface area contributed by atoms with Crippen molar-refractivity contribution in [2.75, 3.05) is 0 Å². The molecule has 0 aliphatic carbocycles. The SMILES string of the molecule is CCCC(NCc1cccc(Oc2ccccc2)c1)C(=O)O. The average molecular weight is 299 g/mol. The summed E-state index contributed by atoms with van der Waals surface area (Å²) in [5.41, 5.74) is 0.996. The van der Waals surface area contributed by atoms with Gasteiger partial charge in [0.2, 0.25) is 0 Å². The summed E-state index contributed by atoms with van der Waals surface area (Å²) in [6.45, 7) is 2.48. The zero-order valence-corrected chi connectivity index (χ0v) is 12.7. The van der Waals surface area contributed by atoms with Crippen molar-refractivity contribution in [2.45, 2.75) is 32.4 Å². The molecule has 0 aliphatic heterocycles. The molecule has 0 heterocycles. The van der Waals surface area contributed by atoms with E-state index in [0.717, 1.165) is 23.5 Å². The number of aliphatic carboxylic acids is 1. The van der Waals surface area contributed by atoms with Crippen LogP contribution >= 0.6 is 0 Å². The number of benzene rings is 2. The fourth-order valence-corrected chi connectivity index (χ4v) is 2.19. The van der Waals surface area contributed by atoms with E-state index >= 15 is 0 Å². The zero-order valence-electron chi connectivity index (χ0n) is 12.7. The average Bonchev–Trinajstić information content (AvgIpc) is 2.52. The second-order valence-electron chi connectivity index (χ2n) is 5.12. The number of carboxylic acid groups (broad SMARTS) is 1. The molecule has 1 unspecified atom stereocenters. The van der Waals surface area contributed by atoms with Crippen LogP contribution in [-0.2, 0) is 11.3 Å². The topological polar surface area (TPSA) is 58.6 Å². The van der Waals surface area contributed by atoms with Gasteiger partial charge in [0.25, 0.3) is 0 Å². The van der Waals surface area contributed by atoms with E-state index < -0.39 is 12.0 Å². The molecule has 0 saturated heterocycles. The first-order valence-electron chi connectivity index (χ1n) is 7.47. The number of ether oxygens (including phenoxy) is 1. The molecule has 2 N–H and O–H groups in total. The molecule has 0 saturated carbocycles. The number of para-hydroxylation sites is 1. The normalized spacial score (nSPS) is 11.9. The lowest BCUT2D eigenvalue weighted by atomic mass is 10.1. The number of rotatable bonds is 8. The third-order valence-electron chi connectivity index (χ3n) is 3.31. The van der Waals surface area contributed by atoms with E-state index in [1.807, 2.05) is 61.5 Å². The molecule has 0 amide bonds. The van der Waals surface area contributed by atoms with E-state index in [1.165, 1.54) is 0 Å². The molecule has 0 aromatic heterocycles. The summed E-state index contributed by atoms with van der Waals surface area (Å²) in [4.78, 5) is 11.1. The Labute approximate surface area is 130 Å². The van der Waals surface area contributed by atoms with Gasteiger partial charge in [-0.3, -0.25) is 4.79 Å². The smallest absolute Gasteiger partial charge is 0.320 e. The van der Waals surface area contributed by atoms with Gasteiger partial charge < -0.3 is 15.2 Å². The van der Waals surface area contributed by atoms with Crippen LogP contribution in [0.15, 0.2) is 54.6 Å². The van der Waals surface area contributed by atoms with Gasteiger partial charge >= 0.3 is 5.97 Å². The molecule has 4 heteroatoms. The first-order valence-corrected chi connectivity index (χ1v) is 7.47. The Morgan fingerprint density at radius 1 is 1.14 bits per heavy atom. The van der Waals surface area contributed by atoms with Gasteiger partial charge in [-0.25, -0.2) is 0 Å². The van der Waals surface area contributed by atoms with Crippen LogP contribution < -0.4 is 10.1 Å². The van der Waals surface area contributed by atoms with E-state index in [-0.39, 0.29) is 0 Å². The molecule has 116 valence electrons. The second-order valence-corrected chi connectivity index (χ2v) is 5.12. The molecule has 0 radical (unpaired) electrons. The molecule has 2 aromatic rings. The van der Waals surface area contributed by atoms with Crippen molar-refractivity contribution < 1.29 is 14.6 Å². The van der Waals surface area contributed by atoms with Crippen molar-refractivity contribution in [3.05, 3.63) is 60.2 Å². The van der Waals surface area contributed by atoms with Crippen LogP contribution in [0.4, 0.5) is 0 Å². The quantitative estimate of drug-likeness (QED) is 0.778. The Bertz CT molecular complexity index is 598. The highest BCUT2D eigenvalue weighted by Gasteiger charge is 2.15. The van der Waals surface area contributed by atoms with Gasteiger partial charge in [0.1, 0.15) is 17.5 Å². The number of hydrogen-bond acceptors (Lipinski definition) is 3. The number of carbonyl (C=O) groups is 1. The predicted octanol–water partition coefficient (Wildman–Crippen LogP) is 3.82. The standard InChI is InChI=1S/C18H21NO3/c1-2-7-17(18(20)21)19-13-14-8-6-11-16(12-14)22-15-9-4-3-5-10-15/h3-6,8-12,17,19H,2,7,13H2,1H3,(H,20,21). The molecule has 2 aromatic carbocycles. The lowest BCUT2D eigenvalue weighted by Gasteiger charge is -2.14. The van der Waals surface area contributed by atoms with Gasteiger partial charge in [0, 0.05) is 6.54 Å². The van der Waals surface area contributed by atoms with Gasteiger partial charge in [0.15, 0.2) is 0 Å². The molecule has 0 aliphatic rings. The number of hydrogen-bond donors (Lipinski definition) is 2. The van der Waals surface area contributed by atoms with Gasteiger partial charge in [-0.15, -0.1) is 0 Å². The summed E-state index contributed by atoms with van der Waals surface area (Å²) >= 11 is 0. The van der Waals surface area contributed by atoms with Crippen molar-refractivity contribution in [3.63, 3.8) is 0 Å². The Morgan fingerprint density at radius 2 is 1.86 bits per heavy atom. The number of carboxylic acids is 1. The van der Waals surface area contributed by atoms with Crippen molar-refractivity contribution in [3.8, 4) is 11.5 Å². The zero-order chi connectivity index (χ0) is 15.8. The van der Waals surface area contributed by atoms with Gasteiger partial charge in [-0.05, 0) is 36.2 Å². The Morgan fingerprint density at radius 3 is 2.55 bits per heavy atom. The molecular weight excluding hydrogens is 278 g/mol. The molecule has 0 spiro atoms. The van der Waals surface area contributed by atoms with Crippen LogP contribution in [0.3, 0.4) is 0 Å². The summed E-state index contributed by atoms with van der Waals surface area (Å²) in [6, 6.07) is 16.7. The van der Waals surface area contributed by atoms with Crippen LogP contribution in [0.5, 0.6) is 11.5 Å². The molecule has 0 bridgehead atoms. The van der Waals surface area contributed by atoms with E-state index in [0.29, 0.717) is 13.0 Å². The van der Waals surface area contributed by atoms with Crippen molar-refractivity contribution in [1.29, 1.82) is 0 Å². The largest absolute Gasteiger partial charge is 0.480 e. The van der Waals surface area contributed by atoms with Gasteiger partial charge in [-0.1, -0.05) is 43.7 Å². The van der Waals surface area contributed by atoms with E-state index in [4.69, 9.17) is 9.84 Å². The summed E-state index contributed by atoms with van der Waals surface area (Å²) in [6.07, 6.45) is 1.46. The summed E-state index contributed by atoms with van der Waals surface area (Å²) < 4.78 is 5.78. The first kappa shape index (κ1) is 16.0. The molecule has 4 nitrogen and oxygen atoms in total. The highest BCUT2D eigenvalue weighted by Crippen LogP contribution is 2.21. The monoisotopic (exact) mass is 299 g/mol. The Kier molecular flexibility index (Phi) is 5.98. The highest BCUT2D eigenvalue weighted by atomic mass is 16.5. The second kappa shape index (κ2) is 8.20. The van der Waals surface area contributed by atoms with Crippen molar-refractivity contribution in [1.82, 2.24) is 5.32 Å². The van der Waals surface area contributed by atoms with Crippen molar-refractivity contribution in [2.24, 2.45) is 0 Å². The molecule has 1 atom stereocenters. The van der Waals surface area contributed by atoms with Crippen LogP contribution in [0, 0.1) is 0 Å². The minimum absolute atomic E-state index is 0.503. The number of nitrogens with one attached hydrogen (secondary N) is 1. The lowest BCUT2D eigenvalue weighted by molar-refractivity contribution is -0.139. The fourth-order valence-electron chi connectivity index (χ4n) is 2.19. The van der Waals surface area contributed by atoms with Crippen LogP contribution in [0.2, 0.25) is 0 Å². The van der Waals surface area contributed by atoms with Crippen molar-refractivity contribution >= 4 is 5.97 Å². The minimum Gasteiger partial charge on any atom is -0.480 e. The van der Waals surface area contributed by atoms with E-state index in [1.54, 1.807) is 0 Å². The maximum atomic E-state index is 11.1. The fraction of sp³-hybridized carbons (Fsp3) is 0.278. The minimum atomic E-state index is -0.807. The molecule has 2 rings (SSSR count). The lowest BCUT2D eigenvalue weighted by Crippen LogP contribution is -2.35. The van der Waals surface area contributed by atoms with Crippen LogP contribution in [0.1, 0.15) is 25.3 Å². The van der Waals surface area contributed by atoms with Crippen LogP contribution in [0.25, 0.3) is 0 Å². The molecule has 22 heavy (non-hydrogen) atoms. The maximum absolute atomic E-state index is 11.1. The van der Waals surface area contributed by atoms with Crippen LogP contribution in [-0.4, -0.2) is 17.1 Å². The Balaban J connectivity index is 1.98. The summed E-state index contributed by atoms with van der Waals surface area (Å²) in [5, 5.41) is 12.2. The molecular formula is C18H21NO3. The summed E-state index contributed by atoms with van der Waals surface area (Å²) in [7, 11) is 0. The Hall–Kier alpha value is -2.33. The summed E-state index contributed by atoms with van der Waals surface area (Å²) in [5.74, 6) is 0.716. The van der Waals surface area contributed by atoms with E-state index in [2.05, 4.69) is 5.32 Å². The van der Waals surface area contributed by atoms with E-state index in [9.17, 15) is 4.79 Å². The first-order chi connectivity index (χ1) is 10.7. The maximum Gasteiger partial charge on any atom is 0.320 e. The van der Waals surface area contributed by atoms with Gasteiger partial charge in [0.05, 0.1) is 0 Å². The molecule has 0 fully saturated rings. The predicted molar refractivity (Wildman–Crippen MR) is 86.1 cm³/mol. The third kappa shape index (κ3) is 4.90. The third-order valence-corrected chi connectivity index (χ3v) is 3.31.